The molecule has 0 bridgehead atoms. The van der Waals surface area contributed by atoms with Gasteiger partial charge in [-0.15, -0.1) is 0 Å². The molecular formula is C6H6ClN3OS. The molecule has 0 unspecified atom stereocenters. The molecule has 2 N–H and O–H groups in total. The van der Waals surface area contributed by atoms with Gasteiger partial charge >= 0.3 is 0 Å². The molecule has 4 nitrogen and oxygen atoms in total. The number of nitrogens with two attached hydrogens (primary N) is 1. The lowest BCUT2D eigenvalue weighted by Gasteiger charge is -2.01. The number of aldehydes is 1. The number of carbonyl (C=O) groups excluding carboxylic acids is 1. The van der Waals surface area contributed by atoms with Crippen molar-refractivity contribution in [2.24, 2.45) is 0 Å². The van der Waals surface area contributed by atoms with Crippen molar-refractivity contribution in [3.63, 3.8) is 0 Å². The number of nitrogens with zero attached hydrogens (tertiary/aromatic N) is 2. The van der Waals surface area contributed by atoms with Gasteiger partial charge in [0.25, 0.3) is 0 Å². The van der Waals surface area contributed by atoms with Crippen LogP contribution in [0.1, 0.15) is 10.4 Å². The lowest BCUT2D eigenvalue weighted by atomic mass is 10.3. The molecule has 1 aromatic heterocycles. The number of nitrogen functional groups attached to an aromatic ring is 1. The summed E-state index contributed by atoms with van der Waals surface area (Å²) in [6, 6.07) is 0. The normalized spacial score (nSPS) is 9.83. The molecule has 0 aliphatic heterocycles. The van der Waals surface area contributed by atoms with E-state index in [-0.39, 0.29) is 16.5 Å². The van der Waals surface area contributed by atoms with Gasteiger partial charge in [0.1, 0.15) is 11.0 Å². The molecule has 0 aliphatic carbocycles. The molecule has 12 heavy (non-hydrogen) atoms. The third-order valence-corrected chi connectivity index (χ3v) is 2.04. The molecule has 0 aromatic carbocycles. The molecule has 0 atom stereocenters. The molecule has 1 heterocycles. The Morgan fingerprint density at radius 1 is 1.58 bits per heavy atom. The van der Waals surface area contributed by atoms with Gasteiger partial charge in [-0.25, -0.2) is 9.97 Å². The van der Waals surface area contributed by atoms with Gasteiger partial charge in [-0.3, -0.25) is 4.79 Å². The van der Waals surface area contributed by atoms with E-state index in [4.69, 9.17) is 17.3 Å². The molecular weight excluding hydrogens is 198 g/mol. The van der Waals surface area contributed by atoms with Crippen molar-refractivity contribution in [3.05, 3.63) is 10.7 Å². The van der Waals surface area contributed by atoms with Gasteiger partial charge in [0.15, 0.2) is 11.4 Å². The van der Waals surface area contributed by atoms with E-state index >= 15 is 0 Å². The first-order chi connectivity index (χ1) is 5.69. The largest absolute Gasteiger partial charge is 0.383 e. The van der Waals surface area contributed by atoms with Crippen LogP contribution >= 0.6 is 23.4 Å². The number of anilines is 1. The van der Waals surface area contributed by atoms with Gasteiger partial charge in [-0.05, 0) is 6.26 Å². The lowest BCUT2D eigenvalue weighted by molar-refractivity contribution is 0.112. The zero-order valence-corrected chi connectivity index (χ0v) is 7.82. The highest BCUT2D eigenvalue weighted by molar-refractivity contribution is 7.98. The zero-order chi connectivity index (χ0) is 9.14. The minimum Gasteiger partial charge on any atom is -0.383 e. The second-order valence-corrected chi connectivity index (χ2v) is 3.05. The fraction of sp³-hybridized carbons (Fsp3) is 0.167. The predicted molar refractivity (Wildman–Crippen MR) is 48.6 cm³/mol. The summed E-state index contributed by atoms with van der Waals surface area (Å²) in [5.74, 6) is 0.120. The standard InChI is InChI=1S/C6H6ClN3OS/c1-12-6-9-4(7)3(2-11)5(8)10-6/h2H,1H3,(H2,8,9,10). The summed E-state index contributed by atoms with van der Waals surface area (Å²) in [5, 5.41) is 0.560. The summed E-state index contributed by atoms with van der Waals surface area (Å²) in [7, 11) is 0. The van der Waals surface area contributed by atoms with E-state index in [9.17, 15) is 4.79 Å². The maximum atomic E-state index is 10.4. The minimum absolute atomic E-state index is 0.0989. The first-order valence-corrected chi connectivity index (χ1v) is 4.61. The average molecular weight is 204 g/mol. The molecule has 0 spiro atoms. The van der Waals surface area contributed by atoms with E-state index in [0.717, 1.165) is 0 Å². The van der Waals surface area contributed by atoms with Crippen LogP contribution in [-0.2, 0) is 0 Å². The molecule has 1 rings (SSSR count). The molecule has 6 heteroatoms. The Labute approximate surface area is 78.5 Å². The summed E-state index contributed by atoms with van der Waals surface area (Å²) >= 11 is 6.95. The van der Waals surface area contributed by atoms with E-state index in [1.54, 1.807) is 6.26 Å². The number of carbonyl (C=O) groups is 1. The van der Waals surface area contributed by atoms with Gasteiger partial charge in [0.05, 0.1) is 5.56 Å². The molecule has 64 valence electrons. The second kappa shape index (κ2) is 3.73. The summed E-state index contributed by atoms with van der Waals surface area (Å²) in [6.07, 6.45) is 2.34. The minimum atomic E-state index is 0.0989. The maximum Gasteiger partial charge on any atom is 0.190 e. The Morgan fingerprint density at radius 2 is 2.25 bits per heavy atom. The van der Waals surface area contributed by atoms with Gasteiger partial charge in [0, 0.05) is 0 Å². The monoisotopic (exact) mass is 203 g/mol. The molecule has 0 radical (unpaired) electrons. The molecule has 0 fully saturated rings. The van der Waals surface area contributed by atoms with Crippen molar-refractivity contribution in [3.8, 4) is 0 Å². The summed E-state index contributed by atoms with van der Waals surface area (Å²) in [6.45, 7) is 0. The Morgan fingerprint density at radius 3 is 2.67 bits per heavy atom. The Bertz CT molecular complexity index is 295. The van der Waals surface area contributed by atoms with E-state index in [2.05, 4.69) is 9.97 Å². The van der Waals surface area contributed by atoms with Crippen LogP contribution in [-0.4, -0.2) is 22.5 Å². The molecule has 1 aromatic rings. The molecule has 0 saturated carbocycles. The first-order valence-electron chi connectivity index (χ1n) is 3.01. The van der Waals surface area contributed by atoms with Gasteiger partial charge in [-0.1, -0.05) is 23.4 Å². The number of thioether (sulfide) groups is 1. The quantitative estimate of drug-likeness (QED) is 0.339. The van der Waals surface area contributed by atoms with E-state index < -0.39 is 0 Å². The summed E-state index contributed by atoms with van der Waals surface area (Å²) in [5.41, 5.74) is 5.58. The third-order valence-electron chi connectivity index (χ3n) is 1.21. The molecule has 0 amide bonds. The fourth-order valence-electron chi connectivity index (χ4n) is 0.638. The van der Waals surface area contributed by atoms with Crippen LogP contribution in [0.5, 0.6) is 0 Å². The Kier molecular flexibility index (Phi) is 2.88. The Balaban J connectivity index is 3.27. The van der Waals surface area contributed by atoms with Gasteiger partial charge < -0.3 is 5.73 Å². The number of rotatable bonds is 2. The van der Waals surface area contributed by atoms with Gasteiger partial charge in [-0.2, -0.15) is 0 Å². The fourth-order valence-corrected chi connectivity index (χ4v) is 1.28. The van der Waals surface area contributed by atoms with E-state index in [0.29, 0.717) is 11.4 Å². The van der Waals surface area contributed by atoms with Crippen molar-refractivity contribution in [2.75, 3.05) is 12.0 Å². The van der Waals surface area contributed by atoms with Crippen LogP contribution in [0.3, 0.4) is 0 Å². The SMILES string of the molecule is CSc1nc(N)c(C=O)c(Cl)n1. The van der Waals surface area contributed by atoms with Crippen molar-refractivity contribution in [1.29, 1.82) is 0 Å². The highest BCUT2D eigenvalue weighted by atomic mass is 35.5. The molecule has 0 saturated heterocycles. The maximum absolute atomic E-state index is 10.4. The van der Waals surface area contributed by atoms with Crippen LogP contribution in [0.2, 0.25) is 5.15 Å². The van der Waals surface area contributed by atoms with E-state index in [1.807, 2.05) is 0 Å². The van der Waals surface area contributed by atoms with Crippen LogP contribution in [0.4, 0.5) is 5.82 Å². The number of aromatic nitrogens is 2. The predicted octanol–water partition coefficient (Wildman–Crippen LogP) is 1.25. The number of hydrogen-bond acceptors (Lipinski definition) is 5. The number of halogens is 1. The van der Waals surface area contributed by atoms with Gasteiger partial charge in [0.2, 0.25) is 0 Å². The third kappa shape index (κ3) is 1.67. The smallest absolute Gasteiger partial charge is 0.190 e. The Hall–Kier alpha value is -0.810. The van der Waals surface area contributed by atoms with Crippen LogP contribution in [0, 0.1) is 0 Å². The highest BCUT2D eigenvalue weighted by Crippen LogP contribution is 2.20. The number of hydrogen-bond donors (Lipinski definition) is 1. The lowest BCUT2D eigenvalue weighted by Crippen LogP contribution is -2.01. The van der Waals surface area contributed by atoms with Crippen molar-refractivity contribution in [1.82, 2.24) is 9.97 Å². The second-order valence-electron chi connectivity index (χ2n) is 1.92. The van der Waals surface area contributed by atoms with Crippen molar-refractivity contribution >= 4 is 35.5 Å². The molecule has 0 aliphatic rings. The summed E-state index contributed by atoms with van der Waals surface area (Å²) in [4.78, 5) is 18.1. The average Bonchev–Trinajstić information content (AvgIpc) is 2.03. The van der Waals surface area contributed by atoms with Crippen molar-refractivity contribution in [2.45, 2.75) is 5.16 Å². The van der Waals surface area contributed by atoms with Crippen molar-refractivity contribution < 1.29 is 4.79 Å². The highest BCUT2D eigenvalue weighted by Gasteiger charge is 2.08. The van der Waals surface area contributed by atoms with Crippen LogP contribution in [0.25, 0.3) is 0 Å². The zero-order valence-electron chi connectivity index (χ0n) is 6.24. The van der Waals surface area contributed by atoms with Crippen LogP contribution in [0.15, 0.2) is 5.16 Å². The summed E-state index contributed by atoms with van der Waals surface area (Å²) < 4.78 is 0. The first kappa shape index (κ1) is 9.28. The van der Waals surface area contributed by atoms with E-state index in [1.165, 1.54) is 11.8 Å². The topological polar surface area (TPSA) is 68.9 Å². The van der Waals surface area contributed by atoms with Crippen LogP contribution < -0.4 is 5.73 Å².